The van der Waals surface area contributed by atoms with Crippen LogP contribution >= 0.6 is 0 Å². The maximum Gasteiger partial charge on any atom is 0.327 e. The van der Waals surface area contributed by atoms with E-state index >= 15 is 0 Å². The van der Waals surface area contributed by atoms with Crippen LogP contribution in [0.3, 0.4) is 0 Å². The van der Waals surface area contributed by atoms with Crippen LogP contribution in [0.15, 0.2) is 29.2 Å². The van der Waals surface area contributed by atoms with Crippen molar-refractivity contribution in [2.24, 2.45) is 0 Å². The third-order valence-electron chi connectivity index (χ3n) is 4.15. The normalized spacial score (nSPS) is 22.2. The van der Waals surface area contributed by atoms with E-state index in [1.54, 1.807) is 0 Å². The first-order chi connectivity index (χ1) is 11.4. The van der Waals surface area contributed by atoms with E-state index in [0.29, 0.717) is 0 Å². The van der Waals surface area contributed by atoms with Crippen LogP contribution in [0.1, 0.15) is 0 Å². The van der Waals surface area contributed by atoms with Crippen LogP contribution in [-0.4, -0.2) is 78.4 Å². The average molecular weight is 357 g/mol. The lowest BCUT2D eigenvalue weighted by Crippen LogP contribution is -2.54. The zero-order valence-electron chi connectivity index (χ0n) is 12.6. The Morgan fingerprint density at radius 3 is 2.46 bits per heavy atom. The highest BCUT2D eigenvalue weighted by Crippen LogP contribution is 2.25. The highest BCUT2D eigenvalue weighted by atomic mass is 32.2. The second-order valence-electron chi connectivity index (χ2n) is 5.52. The molecule has 3 amide bonds. The number of nitrogens with zero attached hydrogens (tertiary/aromatic N) is 3. The van der Waals surface area contributed by atoms with Crippen molar-refractivity contribution in [3.8, 4) is 0 Å². The molecule has 1 aromatic carbocycles. The van der Waals surface area contributed by atoms with Crippen LogP contribution in [0.2, 0.25) is 0 Å². The molecule has 2 heterocycles. The summed E-state index contributed by atoms with van der Waals surface area (Å²) in [5.41, 5.74) is 0. The molecular weight excluding hydrogens is 341 g/mol. The maximum atomic E-state index is 13.0. The molecule has 0 aliphatic carbocycles. The van der Waals surface area contributed by atoms with Gasteiger partial charge in [0, 0.05) is 19.6 Å². The Hall–Kier alpha value is -2.04. The van der Waals surface area contributed by atoms with Crippen molar-refractivity contribution in [1.29, 1.82) is 0 Å². The summed E-state index contributed by atoms with van der Waals surface area (Å²) in [7, 11) is -3.88. The third-order valence-corrected chi connectivity index (χ3v) is 6.03. The second kappa shape index (κ2) is 6.11. The van der Waals surface area contributed by atoms with Gasteiger partial charge in [-0.2, -0.15) is 4.31 Å². The molecule has 10 heteroatoms. The molecule has 24 heavy (non-hydrogen) atoms. The van der Waals surface area contributed by atoms with Crippen LogP contribution in [0, 0.1) is 5.82 Å². The van der Waals surface area contributed by atoms with Crippen LogP contribution < -0.4 is 0 Å². The van der Waals surface area contributed by atoms with Crippen molar-refractivity contribution in [3.05, 3.63) is 30.1 Å². The molecule has 0 aromatic heterocycles. The fourth-order valence-electron chi connectivity index (χ4n) is 2.91. The van der Waals surface area contributed by atoms with Gasteiger partial charge < -0.3 is 10.0 Å². The zero-order valence-corrected chi connectivity index (χ0v) is 13.4. The molecule has 2 fully saturated rings. The highest BCUT2D eigenvalue weighted by molar-refractivity contribution is 7.89. The molecule has 1 aromatic rings. The molecule has 0 spiro atoms. The van der Waals surface area contributed by atoms with E-state index in [2.05, 4.69) is 0 Å². The van der Waals surface area contributed by atoms with E-state index in [-0.39, 0.29) is 37.7 Å². The number of imide groups is 1. The average Bonchev–Trinajstić information content (AvgIpc) is 2.80. The number of carbonyl (C=O) groups is 2. The van der Waals surface area contributed by atoms with Crippen molar-refractivity contribution in [3.63, 3.8) is 0 Å². The molecule has 1 atom stereocenters. The van der Waals surface area contributed by atoms with Gasteiger partial charge in [0.25, 0.3) is 5.91 Å². The number of amides is 3. The van der Waals surface area contributed by atoms with E-state index < -0.39 is 33.8 Å². The first-order valence-electron chi connectivity index (χ1n) is 7.35. The fraction of sp³-hybridized carbons (Fsp3) is 0.429. The molecule has 3 rings (SSSR count). The smallest absolute Gasteiger partial charge is 0.327 e. The molecular formula is C14H16FN3O5S. The molecule has 0 bridgehead atoms. The lowest BCUT2D eigenvalue weighted by molar-refractivity contribution is -0.129. The second-order valence-corrected chi connectivity index (χ2v) is 7.46. The Morgan fingerprint density at radius 1 is 1.17 bits per heavy atom. The van der Waals surface area contributed by atoms with Gasteiger partial charge in [0.15, 0.2) is 0 Å². The summed E-state index contributed by atoms with van der Waals surface area (Å²) in [4.78, 5) is 26.6. The quantitative estimate of drug-likeness (QED) is 0.730. The monoisotopic (exact) mass is 357 g/mol. The first-order valence-corrected chi connectivity index (χ1v) is 8.79. The number of benzene rings is 1. The Kier molecular flexibility index (Phi) is 4.28. The Bertz CT molecular complexity index is 767. The zero-order chi connectivity index (χ0) is 17.5. The lowest BCUT2D eigenvalue weighted by atomic mass is 10.2. The maximum absolute atomic E-state index is 13.0. The van der Waals surface area contributed by atoms with Gasteiger partial charge in [-0.25, -0.2) is 17.6 Å². The summed E-state index contributed by atoms with van der Waals surface area (Å²) in [6.07, 6.45) is 0. The fourth-order valence-corrected chi connectivity index (χ4v) is 4.34. The predicted octanol–water partition coefficient (Wildman–Crippen LogP) is -0.545. The number of rotatable bonds is 4. The van der Waals surface area contributed by atoms with Crippen molar-refractivity contribution in [2.75, 3.05) is 32.8 Å². The van der Waals surface area contributed by atoms with Crippen LogP contribution in [0.5, 0.6) is 0 Å². The summed E-state index contributed by atoms with van der Waals surface area (Å²) in [5, 5.41) is 8.95. The summed E-state index contributed by atoms with van der Waals surface area (Å²) in [6.45, 7) is -0.503. The summed E-state index contributed by atoms with van der Waals surface area (Å²) in [5.74, 6) is -1.07. The van der Waals surface area contributed by atoms with E-state index in [9.17, 15) is 22.4 Å². The van der Waals surface area contributed by atoms with Crippen LogP contribution in [0.4, 0.5) is 9.18 Å². The third kappa shape index (κ3) is 2.66. The molecule has 130 valence electrons. The number of hydrogen-bond acceptors (Lipinski definition) is 5. The molecule has 2 aliphatic heterocycles. The van der Waals surface area contributed by atoms with E-state index in [0.717, 1.165) is 33.5 Å². The summed E-state index contributed by atoms with van der Waals surface area (Å²) in [6, 6.07) is 3.02. The van der Waals surface area contributed by atoms with Gasteiger partial charge in [0.1, 0.15) is 11.9 Å². The molecule has 8 nitrogen and oxygen atoms in total. The van der Waals surface area contributed by atoms with Crippen molar-refractivity contribution in [1.82, 2.24) is 14.1 Å². The predicted molar refractivity (Wildman–Crippen MR) is 79.8 cm³/mol. The number of β-amino-alcohol motifs (C(OH)–C–C–N with tert-alkyl or cyclic N) is 1. The highest BCUT2D eigenvalue weighted by Gasteiger charge is 2.49. The topological polar surface area (TPSA) is 98.2 Å². The number of fused-ring (bicyclic) bond motifs is 1. The molecule has 1 unspecified atom stereocenters. The van der Waals surface area contributed by atoms with Crippen LogP contribution in [0.25, 0.3) is 0 Å². The number of sulfonamides is 1. The molecule has 0 radical (unpaired) electrons. The minimum absolute atomic E-state index is 0.0438. The number of aliphatic hydroxyl groups is 1. The van der Waals surface area contributed by atoms with Gasteiger partial charge in [-0.3, -0.25) is 9.69 Å². The molecule has 1 N–H and O–H groups in total. The first kappa shape index (κ1) is 16.8. The van der Waals surface area contributed by atoms with E-state index in [1.807, 2.05) is 0 Å². The minimum atomic E-state index is -3.88. The largest absolute Gasteiger partial charge is 0.395 e. The number of hydrogen-bond donors (Lipinski definition) is 1. The Balaban J connectivity index is 1.83. The van der Waals surface area contributed by atoms with Crippen LogP contribution in [-0.2, 0) is 14.8 Å². The van der Waals surface area contributed by atoms with Gasteiger partial charge in [-0.05, 0) is 24.3 Å². The molecule has 2 saturated heterocycles. The van der Waals surface area contributed by atoms with Crippen molar-refractivity contribution >= 4 is 22.0 Å². The summed E-state index contributed by atoms with van der Waals surface area (Å²) < 4.78 is 39.3. The SMILES string of the molecule is O=C1C2CN(S(=O)(=O)c3ccc(F)cc3)CCN2C(=O)N1CCO. The molecule has 2 aliphatic rings. The van der Waals surface area contributed by atoms with E-state index in [4.69, 9.17) is 5.11 Å². The summed E-state index contributed by atoms with van der Waals surface area (Å²) >= 11 is 0. The van der Waals surface area contributed by atoms with Crippen molar-refractivity contribution in [2.45, 2.75) is 10.9 Å². The number of urea groups is 1. The minimum Gasteiger partial charge on any atom is -0.395 e. The number of aliphatic hydroxyl groups excluding tert-OH is 1. The Labute approximate surface area is 138 Å². The van der Waals surface area contributed by atoms with Gasteiger partial charge in [0.2, 0.25) is 10.0 Å². The van der Waals surface area contributed by atoms with E-state index in [1.165, 1.54) is 4.90 Å². The Morgan fingerprint density at radius 2 is 1.83 bits per heavy atom. The number of piperazine rings is 1. The van der Waals surface area contributed by atoms with Gasteiger partial charge in [-0.15, -0.1) is 0 Å². The van der Waals surface area contributed by atoms with Crippen molar-refractivity contribution < 1.29 is 27.5 Å². The van der Waals surface area contributed by atoms with Gasteiger partial charge >= 0.3 is 6.03 Å². The van der Waals surface area contributed by atoms with Gasteiger partial charge in [-0.1, -0.05) is 0 Å². The number of halogens is 1. The lowest BCUT2D eigenvalue weighted by Gasteiger charge is -2.34. The molecule has 0 saturated carbocycles. The number of carbonyl (C=O) groups excluding carboxylic acids is 2. The van der Waals surface area contributed by atoms with Gasteiger partial charge in [0.05, 0.1) is 18.0 Å². The standard InChI is InChI=1S/C14H16FN3O5S/c15-10-1-3-11(4-2-10)24(22,23)16-5-6-17-12(9-16)13(20)18(7-8-19)14(17)21/h1-4,12,19H,5-9H2.